The number of nitrogens with zero attached hydrogens (tertiary/aromatic N) is 2. The number of nitrogens with one attached hydrogen (secondary N) is 1. The van der Waals surface area contributed by atoms with Gasteiger partial charge in [-0.25, -0.2) is 4.79 Å². The first-order valence-electron chi connectivity index (χ1n) is 15.7. The van der Waals surface area contributed by atoms with Crippen LogP contribution in [0.5, 0.6) is 5.75 Å². The van der Waals surface area contributed by atoms with Crippen molar-refractivity contribution in [3.8, 4) is 5.75 Å². The van der Waals surface area contributed by atoms with E-state index in [9.17, 15) is 24.0 Å². The van der Waals surface area contributed by atoms with Crippen LogP contribution in [0.2, 0.25) is 5.02 Å². The third-order valence-corrected chi connectivity index (χ3v) is 7.81. The van der Waals surface area contributed by atoms with Gasteiger partial charge in [0.05, 0.1) is 11.8 Å². The monoisotopic (exact) mass is 673 g/mol. The van der Waals surface area contributed by atoms with Crippen molar-refractivity contribution in [2.24, 2.45) is 5.92 Å². The molecular formula is C37H40ClN3O7. The number of hydrogen-bond acceptors (Lipinski definition) is 7. The molecule has 3 amide bonds. The smallest absolute Gasteiger partial charge is 0.377 e. The van der Waals surface area contributed by atoms with Crippen molar-refractivity contribution in [2.45, 2.75) is 65.8 Å². The van der Waals surface area contributed by atoms with Crippen LogP contribution in [0.4, 0.5) is 0 Å². The molecule has 2 atom stereocenters. The van der Waals surface area contributed by atoms with Gasteiger partial charge in [-0.05, 0) is 55.2 Å². The fraction of sp³-hybridized carbons (Fsp3) is 0.324. The van der Waals surface area contributed by atoms with E-state index in [4.69, 9.17) is 21.1 Å². The summed E-state index contributed by atoms with van der Waals surface area (Å²) in [5.41, 5.74) is 2.39. The van der Waals surface area contributed by atoms with Crippen molar-refractivity contribution >= 4 is 46.8 Å². The number of amides is 3. The third kappa shape index (κ3) is 9.32. The van der Waals surface area contributed by atoms with Gasteiger partial charge < -0.3 is 19.7 Å². The van der Waals surface area contributed by atoms with E-state index in [1.54, 1.807) is 80.7 Å². The van der Waals surface area contributed by atoms with Gasteiger partial charge in [-0.1, -0.05) is 80.0 Å². The summed E-state index contributed by atoms with van der Waals surface area (Å²) in [5, 5.41) is 3.25. The third-order valence-electron chi connectivity index (χ3n) is 7.57. The minimum Gasteiger partial charge on any atom is -0.489 e. The largest absolute Gasteiger partial charge is 0.489 e. The lowest BCUT2D eigenvalue weighted by Crippen LogP contribution is -2.57. The quantitative estimate of drug-likeness (QED) is 0.196. The van der Waals surface area contributed by atoms with E-state index in [0.29, 0.717) is 22.0 Å². The summed E-state index contributed by atoms with van der Waals surface area (Å²) < 4.78 is 11.1. The van der Waals surface area contributed by atoms with Crippen LogP contribution >= 0.6 is 11.6 Å². The highest BCUT2D eigenvalue weighted by Crippen LogP contribution is 2.32. The molecule has 0 saturated heterocycles. The average molecular weight is 674 g/mol. The van der Waals surface area contributed by atoms with Crippen LogP contribution in [0, 0.1) is 5.92 Å². The fourth-order valence-corrected chi connectivity index (χ4v) is 5.57. The molecular weight excluding hydrogens is 634 g/mol. The lowest BCUT2D eigenvalue weighted by Gasteiger charge is -2.40. The standard InChI is InChI=1S/C37H40ClN3O7/c1-23(2)34-36(45)41(21-33(43)39-31(18-26-11-7-6-8-12-26)35(44)37(46)48-24(3)4)32(20-40(34)25(5)42)28-14-10-16-30(19-28)47-22-27-13-9-15-29(38)17-27/h6-17,19-20,23-24,31,34H,18,21-22H2,1-5H3,(H,39,43)/t31-,34+/m0/s1. The fourth-order valence-electron chi connectivity index (χ4n) is 5.36. The molecule has 3 aromatic rings. The van der Waals surface area contributed by atoms with Crippen LogP contribution < -0.4 is 10.1 Å². The number of benzene rings is 3. The van der Waals surface area contributed by atoms with Gasteiger partial charge in [0.25, 0.3) is 11.7 Å². The van der Waals surface area contributed by atoms with Crippen molar-refractivity contribution in [2.75, 3.05) is 6.54 Å². The van der Waals surface area contributed by atoms with Crippen molar-refractivity contribution in [3.05, 3.63) is 107 Å². The van der Waals surface area contributed by atoms with Crippen LogP contribution in [0.25, 0.3) is 5.70 Å². The molecule has 1 heterocycles. The number of Topliss-reactive ketones (excluding diaryl/α,β-unsaturated/α-hetero) is 1. The Morgan fingerprint density at radius 3 is 2.23 bits per heavy atom. The maximum atomic E-state index is 14.1. The Balaban J connectivity index is 1.65. The van der Waals surface area contributed by atoms with E-state index in [-0.39, 0.29) is 24.9 Å². The molecule has 0 radical (unpaired) electrons. The minimum atomic E-state index is -1.24. The molecule has 1 aliphatic heterocycles. The highest BCUT2D eigenvalue weighted by atomic mass is 35.5. The molecule has 10 nitrogen and oxygen atoms in total. The zero-order chi connectivity index (χ0) is 35.0. The molecule has 0 spiro atoms. The van der Waals surface area contributed by atoms with E-state index in [2.05, 4.69) is 5.32 Å². The first-order valence-corrected chi connectivity index (χ1v) is 16.1. The van der Waals surface area contributed by atoms with Gasteiger partial charge in [-0.15, -0.1) is 0 Å². The summed E-state index contributed by atoms with van der Waals surface area (Å²) >= 11 is 6.12. The summed E-state index contributed by atoms with van der Waals surface area (Å²) in [5.74, 6) is -3.25. The van der Waals surface area contributed by atoms with Crippen LogP contribution in [0.3, 0.4) is 0 Å². The van der Waals surface area contributed by atoms with Crippen LogP contribution in [-0.2, 0) is 41.7 Å². The molecule has 1 N–H and O–H groups in total. The molecule has 1 aliphatic rings. The molecule has 252 valence electrons. The number of ether oxygens (including phenoxy) is 2. The number of esters is 1. The van der Waals surface area contributed by atoms with Crippen LogP contribution in [0.15, 0.2) is 85.1 Å². The topological polar surface area (TPSA) is 122 Å². The average Bonchev–Trinajstić information content (AvgIpc) is 3.04. The molecule has 0 bridgehead atoms. The number of halogens is 1. The molecule has 0 unspecified atom stereocenters. The molecule has 48 heavy (non-hydrogen) atoms. The summed E-state index contributed by atoms with van der Waals surface area (Å²) in [4.78, 5) is 69.0. The number of rotatable bonds is 13. The second kappa shape index (κ2) is 16.2. The van der Waals surface area contributed by atoms with E-state index < -0.39 is 48.3 Å². The van der Waals surface area contributed by atoms with Gasteiger partial charge in [-0.3, -0.25) is 24.1 Å². The Labute approximate surface area is 285 Å². The lowest BCUT2D eigenvalue weighted by molar-refractivity contribution is -0.157. The van der Waals surface area contributed by atoms with E-state index in [1.165, 1.54) is 16.7 Å². The van der Waals surface area contributed by atoms with E-state index in [0.717, 1.165) is 11.1 Å². The second-order valence-electron chi connectivity index (χ2n) is 12.1. The second-order valence-corrected chi connectivity index (χ2v) is 12.6. The van der Waals surface area contributed by atoms with Gasteiger partial charge >= 0.3 is 5.97 Å². The van der Waals surface area contributed by atoms with Crippen LogP contribution in [0.1, 0.15) is 51.3 Å². The van der Waals surface area contributed by atoms with Crippen molar-refractivity contribution in [3.63, 3.8) is 0 Å². The SMILES string of the molecule is CC(=O)N1C=C(c2cccc(OCc3cccc(Cl)c3)c2)N(CC(=O)N[C@@H](Cc2ccccc2)C(=O)C(=O)OC(C)C)C(=O)[C@H]1C(C)C. The Bertz CT molecular complexity index is 1690. The molecule has 4 rings (SSSR count). The molecule has 0 aliphatic carbocycles. The Morgan fingerprint density at radius 2 is 1.58 bits per heavy atom. The number of carbonyl (C=O) groups excluding carboxylic acids is 5. The Kier molecular flexibility index (Phi) is 12.1. The maximum absolute atomic E-state index is 14.1. The van der Waals surface area contributed by atoms with E-state index >= 15 is 0 Å². The summed E-state index contributed by atoms with van der Waals surface area (Å²) in [6.07, 6.45) is 1.06. The van der Waals surface area contributed by atoms with Gasteiger partial charge in [0.1, 0.15) is 31.0 Å². The summed E-state index contributed by atoms with van der Waals surface area (Å²) in [6.45, 7) is 8.00. The number of hydrogen-bond donors (Lipinski definition) is 1. The molecule has 0 fully saturated rings. The highest BCUT2D eigenvalue weighted by Gasteiger charge is 2.40. The Hall–Kier alpha value is -4.96. The van der Waals surface area contributed by atoms with Crippen molar-refractivity contribution < 1.29 is 33.4 Å². The van der Waals surface area contributed by atoms with E-state index in [1.807, 2.05) is 32.0 Å². The normalized spacial score (nSPS) is 15.2. The molecule has 11 heteroatoms. The lowest BCUT2D eigenvalue weighted by atomic mass is 9.97. The number of ketones is 1. The molecule has 0 aromatic heterocycles. The predicted octanol–water partition coefficient (Wildman–Crippen LogP) is 5.18. The Morgan fingerprint density at radius 1 is 0.896 bits per heavy atom. The van der Waals surface area contributed by atoms with Gasteiger partial charge in [-0.2, -0.15) is 0 Å². The van der Waals surface area contributed by atoms with Gasteiger partial charge in [0, 0.05) is 30.1 Å². The zero-order valence-corrected chi connectivity index (χ0v) is 28.4. The molecule has 3 aromatic carbocycles. The number of carbonyl (C=O) groups is 5. The molecule has 0 saturated carbocycles. The maximum Gasteiger partial charge on any atom is 0.377 e. The van der Waals surface area contributed by atoms with Gasteiger partial charge in [0.15, 0.2) is 0 Å². The van der Waals surface area contributed by atoms with Crippen molar-refractivity contribution in [1.29, 1.82) is 0 Å². The van der Waals surface area contributed by atoms with Crippen molar-refractivity contribution in [1.82, 2.24) is 15.1 Å². The first kappa shape index (κ1) is 35.9. The highest BCUT2D eigenvalue weighted by molar-refractivity contribution is 6.36. The summed E-state index contributed by atoms with van der Waals surface area (Å²) in [7, 11) is 0. The van der Waals surface area contributed by atoms with Gasteiger partial charge in [0.2, 0.25) is 11.8 Å². The first-order chi connectivity index (χ1) is 22.8. The predicted molar refractivity (Wildman–Crippen MR) is 181 cm³/mol. The zero-order valence-electron chi connectivity index (χ0n) is 27.6. The summed E-state index contributed by atoms with van der Waals surface area (Å²) in [6, 6.07) is 21.1. The van der Waals surface area contributed by atoms with Crippen LogP contribution in [-0.4, -0.2) is 64.0 Å². The minimum absolute atomic E-state index is 0.0357.